The van der Waals surface area contributed by atoms with Gasteiger partial charge in [0.1, 0.15) is 0 Å². The second kappa shape index (κ2) is 4.21. The molecule has 0 atom stereocenters. The number of hydrogen-bond donors (Lipinski definition) is 0. The predicted octanol–water partition coefficient (Wildman–Crippen LogP) is 3.21. The van der Waals surface area contributed by atoms with Gasteiger partial charge in [0.25, 0.3) is 0 Å². The Morgan fingerprint density at radius 3 is 2.92 bits per heavy atom. The average molecular weight is 180 g/mol. The molecule has 0 fully saturated rings. The first-order chi connectivity index (χ1) is 5.75. The van der Waals surface area contributed by atoms with E-state index >= 15 is 0 Å². The number of carbonyl (C=O) groups excluding carboxylic acids is 1. The number of hydrogen-bond acceptors (Lipinski definition) is 2. The highest BCUT2D eigenvalue weighted by molar-refractivity contribution is 7.08. The van der Waals surface area contributed by atoms with E-state index < -0.39 is 0 Å². The fraction of sp³-hybridized carbons (Fsp3) is 0.300. The van der Waals surface area contributed by atoms with E-state index in [9.17, 15) is 4.79 Å². The Kier molecular flexibility index (Phi) is 3.23. The molecule has 1 nitrogen and oxygen atoms in total. The lowest BCUT2D eigenvalue weighted by Gasteiger charge is -1.95. The fourth-order valence-corrected chi connectivity index (χ4v) is 1.87. The number of Topliss-reactive ketones (excluding diaryl/α,β-unsaturated/α-hetero) is 1. The number of aryl methyl sites for hydroxylation is 1. The summed E-state index contributed by atoms with van der Waals surface area (Å²) in [5.74, 6) is 0.230. The van der Waals surface area contributed by atoms with Gasteiger partial charge in [-0.2, -0.15) is 11.3 Å². The summed E-state index contributed by atoms with van der Waals surface area (Å²) in [5.41, 5.74) is 1.97. The number of allylic oxidation sites excluding steroid dienone is 1. The maximum Gasteiger partial charge on any atom is 0.164 e. The van der Waals surface area contributed by atoms with Crippen molar-refractivity contribution in [3.05, 3.63) is 34.5 Å². The lowest BCUT2D eigenvalue weighted by molar-refractivity contribution is 0.0983. The van der Waals surface area contributed by atoms with Crippen molar-refractivity contribution in [1.82, 2.24) is 0 Å². The molecule has 0 aliphatic heterocycles. The van der Waals surface area contributed by atoms with E-state index in [2.05, 4.69) is 6.58 Å². The van der Waals surface area contributed by atoms with Crippen LogP contribution in [0.2, 0.25) is 0 Å². The smallest absolute Gasteiger partial charge is 0.164 e. The Balaban J connectivity index is 2.65. The highest BCUT2D eigenvalue weighted by Gasteiger charge is 2.07. The van der Waals surface area contributed by atoms with Crippen LogP contribution in [0.1, 0.15) is 28.8 Å². The molecular formula is C10H12OS. The minimum Gasteiger partial charge on any atom is -0.294 e. The van der Waals surface area contributed by atoms with Gasteiger partial charge in [-0.3, -0.25) is 4.79 Å². The van der Waals surface area contributed by atoms with Crippen molar-refractivity contribution < 1.29 is 4.79 Å². The summed E-state index contributed by atoms with van der Waals surface area (Å²) in [6.07, 6.45) is 3.13. The van der Waals surface area contributed by atoms with E-state index in [1.807, 2.05) is 17.7 Å². The van der Waals surface area contributed by atoms with Crippen LogP contribution in [0, 0.1) is 6.92 Å². The van der Waals surface area contributed by atoms with Gasteiger partial charge in [-0.25, -0.2) is 0 Å². The summed E-state index contributed by atoms with van der Waals surface area (Å²) in [5, 5.41) is 3.92. The summed E-state index contributed by atoms with van der Waals surface area (Å²) in [6.45, 7) is 5.56. The highest BCUT2D eigenvalue weighted by Crippen LogP contribution is 2.16. The zero-order valence-electron chi connectivity index (χ0n) is 7.17. The van der Waals surface area contributed by atoms with Crippen LogP contribution in [-0.2, 0) is 0 Å². The first kappa shape index (κ1) is 9.20. The zero-order chi connectivity index (χ0) is 8.97. The fourth-order valence-electron chi connectivity index (χ4n) is 1.01. The maximum atomic E-state index is 11.4. The monoisotopic (exact) mass is 180 g/mol. The molecular weight excluding hydrogens is 168 g/mol. The molecule has 0 saturated carbocycles. The molecule has 1 aromatic rings. The lowest BCUT2D eigenvalue weighted by atomic mass is 10.1. The van der Waals surface area contributed by atoms with Crippen LogP contribution < -0.4 is 0 Å². The van der Waals surface area contributed by atoms with Crippen molar-refractivity contribution in [2.75, 3.05) is 0 Å². The third-order valence-electron chi connectivity index (χ3n) is 1.73. The third-order valence-corrected chi connectivity index (χ3v) is 2.59. The van der Waals surface area contributed by atoms with E-state index in [0.29, 0.717) is 6.42 Å². The quantitative estimate of drug-likeness (QED) is 0.513. The molecule has 1 aromatic heterocycles. The Bertz CT molecular complexity index is 286. The van der Waals surface area contributed by atoms with Crippen molar-refractivity contribution in [3.63, 3.8) is 0 Å². The van der Waals surface area contributed by atoms with Crippen LogP contribution in [0.5, 0.6) is 0 Å². The zero-order valence-corrected chi connectivity index (χ0v) is 7.99. The summed E-state index contributed by atoms with van der Waals surface area (Å²) in [6, 6.07) is 0. The molecule has 0 spiro atoms. The van der Waals surface area contributed by atoms with Gasteiger partial charge in [0.05, 0.1) is 0 Å². The van der Waals surface area contributed by atoms with Gasteiger partial charge in [-0.15, -0.1) is 6.58 Å². The molecule has 0 unspecified atom stereocenters. The SMILES string of the molecule is C=CCCC(=O)c1cscc1C. The minimum atomic E-state index is 0.230. The van der Waals surface area contributed by atoms with Crippen molar-refractivity contribution in [2.45, 2.75) is 19.8 Å². The van der Waals surface area contributed by atoms with Crippen molar-refractivity contribution in [2.24, 2.45) is 0 Å². The summed E-state index contributed by atoms with van der Waals surface area (Å²) < 4.78 is 0. The van der Waals surface area contributed by atoms with Crippen molar-refractivity contribution in [1.29, 1.82) is 0 Å². The first-order valence-electron chi connectivity index (χ1n) is 3.92. The van der Waals surface area contributed by atoms with Gasteiger partial charge in [0, 0.05) is 17.4 Å². The molecule has 64 valence electrons. The highest BCUT2D eigenvalue weighted by atomic mass is 32.1. The molecule has 0 aliphatic carbocycles. The van der Waals surface area contributed by atoms with Gasteiger partial charge < -0.3 is 0 Å². The topological polar surface area (TPSA) is 17.1 Å². The molecule has 1 heterocycles. The Morgan fingerprint density at radius 1 is 1.67 bits per heavy atom. The molecule has 0 N–H and O–H groups in total. The van der Waals surface area contributed by atoms with E-state index in [1.165, 1.54) is 0 Å². The van der Waals surface area contributed by atoms with Crippen LogP contribution in [0.25, 0.3) is 0 Å². The minimum absolute atomic E-state index is 0.230. The van der Waals surface area contributed by atoms with E-state index in [0.717, 1.165) is 17.5 Å². The van der Waals surface area contributed by atoms with E-state index in [-0.39, 0.29) is 5.78 Å². The Morgan fingerprint density at radius 2 is 2.42 bits per heavy atom. The molecule has 12 heavy (non-hydrogen) atoms. The molecule has 0 amide bonds. The van der Waals surface area contributed by atoms with Crippen molar-refractivity contribution in [3.8, 4) is 0 Å². The Hall–Kier alpha value is -0.890. The lowest BCUT2D eigenvalue weighted by Crippen LogP contribution is -1.97. The van der Waals surface area contributed by atoms with E-state index in [4.69, 9.17) is 0 Å². The number of carbonyl (C=O) groups is 1. The number of thiophene rings is 1. The average Bonchev–Trinajstić information content (AvgIpc) is 2.47. The van der Waals surface area contributed by atoms with Crippen molar-refractivity contribution >= 4 is 17.1 Å². The predicted molar refractivity (Wildman–Crippen MR) is 52.8 cm³/mol. The van der Waals surface area contributed by atoms with Crippen LogP contribution in [-0.4, -0.2) is 5.78 Å². The van der Waals surface area contributed by atoms with Gasteiger partial charge in [0.2, 0.25) is 0 Å². The van der Waals surface area contributed by atoms with Crippen LogP contribution in [0.3, 0.4) is 0 Å². The third kappa shape index (κ3) is 2.05. The summed E-state index contributed by atoms with van der Waals surface area (Å²) >= 11 is 1.58. The van der Waals surface area contributed by atoms with Gasteiger partial charge in [-0.05, 0) is 24.3 Å². The van der Waals surface area contributed by atoms with Gasteiger partial charge in [-0.1, -0.05) is 6.08 Å². The molecule has 0 saturated heterocycles. The number of ketones is 1. The molecule has 0 bridgehead atoms. The second-order valence-corrected chi connectivity index (χ2v) is 3.46. The molecule has 0 aromatic carbocycles. The standard InChI is InChI=1S/C10H12OS/c1-3-4-5-10(11)9-7-12-6-8(9)2/h3,6-7H,1,4-5H2,2H3. The second-order valence-electron chi connectivity index (χ2n) is 2.72. The van der Waals surface area contributed by atoms with Gasteiger partial charge in [0.15, 0.2) is 5.78 Å². The first-order valence-corrected chi connectivity index (χ1v) is 4.87. The number of rotatable bonds is 4. The largest absolute Gasteiger partial charge is 0.294 e. The van der Waals surface area contributed by atoms with Gasteiger partial charge >= 0.3 is 0 Å². The van der Waals surface area contributed by atoms with Crippen LogP contribution in [0.15, 0.2) is 23.4 Å². The maximum absolute atomic E-state index is 11.4. The van der Waals surface area contributed by atoms with Crippen LogP contribution in [0.4, 0.5) is 0 Å². The molecule has 2 heteroatoms. The van der Waals surface area contributed by atoms with Crippen LogP contribution >= 0.6 is 11.3 Å². The summed E-state index contributed by atoms with van der Waals surface area (Å²) in [4.78, 5) is 11.4. The summed E-state index contributed by atoms with van der Waals surface area (Å²) in [7, 11) is 0. The van der Waals surface area contributed by atoms with E-state index in [1.54, 1.807) is 17.4 Å². The Labute approximate surface area is 76.7 Å². The normalized spacial score (nSPS) is 9.75. The molecule has 0 radical (unpaired) electrons. The molecule has 0 aliphatic rings. The molecule has 1 rings (SSSR count).